The summed E-state index contributed by atoms with van der Waals surface area (Å²) in [4.78, 5) is 0. The number of hydrogen-bond acceptors (Lipinski definition) is 2. The molecule has 0 aromatic rings. The third-order valence-electron chi connectivity index (χ3n) is 0. The molecular weight excluding hydrogens is 286 g/mol. The molecule has 0 aliphatic heterocycles. The predicted molar refractivity (Wildman–Crippen MR) is 68.0 cm³/mol. The summed E-state index contributed by atoms with van der Waals surface area (Å²) in [5.74, 6) is 0. The van der Waals surface area contributed by atoms with E-state index in [1.807, 2.05) is 0 Å². The van der Waals surface area contributed by atoms with E-state index in [2.05, 4.69) is 49.7 Å². The summed E-state index contributed by atoms with van der Waals surface area (Å²) in [6, 6.07) is 0. The Morgan fingerprint density at radius 3 is 0.917 bits per heavy atom. The van der Waals surface area contributed by atoms with Crippen LogP contribution in [0.4, 0.5) is 0 Å². The molecular formula is C4H14N2OS4Zn. The maximum absolute atomic E-state index is 4.71. The zero-order valence-electron chi connectivity index (χ0n) is 7.07. The fraction of sp³-hybridized carbons (Fsp3) is 0. The molecule has 0 bridgehead atoms. The van der Waals surface area contributed by atoms with Crippen LogP contribution in [-0.2, 0) is 19.5 Å². The van der Waals surface area contributed by atoms with Gasteiger partial charge in [-0.1, -0.05) is 24.4 Å². The second kappa shape index (κ2) is 29.6. The Morgan fingerprint density at radius 1 is 0.917 bits per heavy atom. The predicted octanol–water partition coefficient (Wildman–Crippen LogP) is 0.393. The molecule has 0 aliphatic carbocycles. The molecule has 0 fully saturated rings. The van der Waals surface area contributed by atoms with Gasteiger partial charge in [0.2, 0.25) is 0 Å². The van der Waals surface area contributed by atoms with E-state index in [-0.39, 0.29) is 48.4 Å². The van der Waals surface area contributed by atoms with Crippen LogP contribution >= 0.6 is 49.7 Å². The molecule has 0 aromatic carbocycles. The third-order valence-corrected chi connectivity index (χ3v) is 0. The molecule has 3 nitrogen and oxygen atoms in total. The van der Waals surface area contributed by atoms with Gasteiger partial charge < -0.3 is 31.8 Å². The van der Waals surface area contributed by atoms with Gasteiger partial charge in [0.15, 0.2) is 0 Å². The average molecular weight is 300 g/mol. The summed E-state index contributed by atoms with van der Waals surface area (Å²) in [5.41, 5.74) is 9.41. The summed E-state index contributed by atoms with van der Waals surface area (Å²) in [7, 11) is 0. The minimum atomic E-state index is 0. The molecule has 0 aliphatic rings. The molecule has 0 amide bonds. The quantitative estimate of drug-likeness (QED) is 0.226. The molecule has 0 saturated heterocycles. The monoisotopic (exact) mass is 298 g/mol. The van der Waals surface area contributed by atoms with Crippen molar-refractivity contribution < 1.29 is 25.0 Å². The van der Waals surface area contributed by atoms with Crippen molar-refractivity contribution in [3.8, 4) is 0 Å². The number of thiocarbonyl (C=S) groups is 2. The van der Waals surface area contributed by atoms with Gasteiger partial charge in [-0.25, -0.2) is 0 Å². The second-order valence-electron chi connectivity index (χ2n) is 0.676. The van der Waals surface area contributed by atoms with Gasteiger partial charge in [0.1, 0.15) is 8.64 Å². The molecule has 0 radical (unpaired) electrons. The molecule has 72 valence electrons. The standard InChI is InChI=1S/2CH3NS2.2CH3.H2O.Zn/c2*2-1(3)4;;;;/h2*(H3,2,3,4);2*1H3;1H2;/q;;2*-1;;+2. The van der Waals surface area contributed by atoms with Gasteiger partial charge in [-0.05, 0) is 0 Å². The number of nitrogens with two attached hydrogens (primary N) is 2. The maximum atomic E-state index is 4.71. The first kappa shape index (κ1) is 38.1. The molecule has 12 heavy (non-hydrogen) atoms. The Balaban J connectivity index is -0.0000000112. The van der Waals surface area contributed by atoms with E-state index in [4.69, 9.17) is 11.5 Å². The first-order valence-corrected chi connectivity index (χ1v) is 3.14. The van der Waals surface area contributed by atoms with Crippen LogP contribution in [-0.4, -0.2) is 14.1 Å². The van der Waals surface area contributed by atoms with Crippen molar-refractivity contribution in [1.29, 1.82) is 0 Å². The summed E-state index contributed by atoms with van der Waals surface area (Å²) in [5, 5.41) is 0. The zero-order valence-corrected chi connectivity index (χ0v) is 13.5. The van der Waals surface area contributed by atoms with E-state index in [0.29, 0.717) is 0 Å². The Bertz CT molecular complexity index is 83.1. The van der Waals surface area contributed by atoms with Gasteiger partial charge in [0, 0.05) is 0 Å². The van der Waals surface area contributed by atoms with Crippen molar-refractivity contribution in [2.24, 2.45) is 11.5 Å². The van der Waals surface area contributed by atoms with Crippen molar-refractivity contribution in [3.05, 3.63) is 14.9 Å². The Labute approximate surface area is 109 Å². The Morgan fingerprint density at radius 2 is 0.917 bits per heavy atom. The van der Waals surface area contributed by atoms with E-state index in [9.17, 15) is 0 Å². The topological polar surface area (TPSA) is 83.5 Å². The van der Waals surface area contributed by atoms with Gasteiger partial charge in [0.25, 0.3) is 0 Å². The summed E-state index contributed by atoms with van der Waals surface area (Å²) in [6.07, 6.45) is 0. The minimum absolute atomic E-state index is 0. The van der Waals surface area contributed by atoms with E-state index in [1.165, 1.54) is 0 Å². The first-order valence-electron chi connectivity index (χ1n) is 1.43. The van der Waals surface area contributed by atoms with E-state index in [0.717, 1.165) is 0 Å². The molecule has 0 aromatic heterocycles. The first-order chi connectivity index (χ1) is 3.46. The fourth-order valence-corrected chi connectivity index (χ4v) is 0. The molecule has 0 rings (SSSR count). The summed E-state index contributed by atoms with van der Waals surface area (Å²) < 4.78 is 0.389. The van der Waals surface area contributed by atoms with Crippen LogP contribution in [0.25, 0.3) is 0 Å². The average Bonchev–Trinajstić information content (AvgIpc) is 1.25. The number of thiol groups is 2. The van der Waals surface area contributed by atoms with Gasteiger partial charge in [0.05, 0.1) is 0 Å². The van der Waals surface area contributed by atoms with E-state index >= 15 is 0 Å². The van der Waals surface area contributed by atoms with Crippen molar-refractivity contribution in [2.75, 3.05) is 0 Å². The maximum Gasteiger partial charge on any atom is 2.00 e. The molecule has 8 heteroatoms. The van der Waals surface area contributed by atoms with Gasteiger partial charge in [-0.15, -0.1) is 25.3 Å². The van der Waals surface area contributed by atoms with E-state index < -0.39 is 0 Å². The second-order valence-corrected chi connectivity index (χ2v) is 3.12. The SMILES string of the molecule is NC(=S)S.NC(=S)S.O.[CH3-].[CH3-].[Zn+2]. The van der Waals surface area contributed by atoms with Crippen LogP contribution in [0.15, 0.2) is 0 Å². The number of hydrogen-bond donors (Lipinski definition) is 4. The van der Waals surface area contributed by atoms with Crippen molar-refractivity contribution in [3.63, 3.8) is 0 Å². The van der Waals surface area contributed by atoms with Crippen LogP contribution in [0.5, 0.6) is 0 Å². The normalized spacial score (nSPS) is 4.17. The van der Waals surface area contributed by atoms with Crippen molar-refractivity contribution >= 4 is 58.3 Å². The molecule has 0 saturated carbocycles. The van der Waals surface area contributed by atoms with Gasteiger partial charge in [-0.3, -0.25) is 0 Å². The van der Waals surface area contributed by atoms with E-state index in [1.54, 1.807) is 0 Å². The largest absolute Gasteiger partial charge is 2.00 e. The van der Waals surface area contributed by atoms with Crippen LogP contribution in [0.1, 0.15) is 0 Å². The van der Waals surface area contributed by atoms with Crippen LogP contribution < -0.4 is 11.5 Å². The fourth-order valence-electron chi connectivity index (χ4n) is 0. The zero-order chi connectivity index (χ0) is 7.15. The Hall–Kier alpha value is 1.06. The number of rotatable bonds is 0. The Kier molecular flexibility index (Phi) is 94.0. The molecule has 0 heterocycles. The summed E-state index contributed by atoms with van der Waals surface area (Å²) in [6.45, 7) is 0. The molecule has 0 atom stereocenters. The van der Waals surface area contributed by atoms with Gasteiger partial charge in [-0.2, -0.15) is 0 Å². The van der Waals surface area contributed by atoms with Crippen molar-refractivity contribution in [1.82, 2.24) is 0 Å². The van der Waals surface area contributed by atoms with Crippen LogP contribution in [0, 0.1) is 14.9 Å². The van der Waals surface area contributed by atoms with Gasteiger partial charge >= 0.3 is 19.5 Å². The third kappa shape index (κ3) is 991. The molecule has 6 N–H and O–H groups in total. The van der Waals surface area contributed by atoms with Crippen LogP contribution in [0.3, 0.4) is 0 Å². The smallest absolute Gasteiger partial charge is 0.412 e. The van der Waals surface area contributed by atoms with Crippen LogP contribution in [0.2, 0.25) is 0 Å². The molecule has 0 unspecified atom stereocenters. The van der Waals surface area contributed by atoms with Crippen molar-refractivity contribution in [2.45, 2.75) is 0 Å². The molecule has 0 spiro atoms. The summed E-state index contributed by atoms with van der Waals surface area (Å²) >= 11 is 15.3. The minimum Gasteiger partial charge on any atom is -0.412 e.